The standard InChI is InChI=1S/C34H33NO6/c1-34(2,3)41-33(37)35-29(32(36)38-4)21-39-20-22-12-14-23(15-13-22)24-16-18-25(19-17-24)26-9-7-10-28-27-8-5-6-11-30(27)40-31(26)28/h5-19,29H,20-21H2,1-4H3,(H,35,37). The summed E-state index contributed by atoms with van der Waals surface area (Å²) >= 11 is 0. The van der Waals surface area contributed by atoms with E-state index in [0.29, 0.717) is 0 Å². The minimum atomic E-state index is -0.974. The average Bonchev–Trinajstić information content (AvgIpc) is 3.35. The van der Waals surface area contributed by atoms with Crippen LogP contribution in [0.1, 0.15) is 26.3 Å². The van der Waals surface area contributed by atoms with Gasteiger partial charge in [-0.3, -0.25) is 0 Å². The van der Waals surface area contributed by atoms with Gasteiger partial charge in [-0.2, -0.15) is 0 Å². The van der Waals surface area contributed by atoms with Crippen LogP contribution in [-0.4, -0.2) is 37.4 Å². The summed E-state index contributed by atoms with van der Waals surface area (Å²) in [7, 11) is 1.26. The molecule has 0 saturated heterocycles. The van der Waals surface area contributed by atoms with Crippen molar-refractivity contribution in [3.05, 3.63) is 96.6 Å². The van der Waals surface area contributed by atoms with Crippen molar-refractivity contribution in [1.29, 1.82) is 0 Å². The highest BCUT2D eigenvalue weighted by atomic mass is 16.6. The first kappa shape index (κ1) is 27.9. The number of fused-ring (bicyclic) bond motifs is 3. The van der Waals surface area contributed by atoms with Crippen LogP contribution in [0.4, 0.5) is 4.79 Å². The maximum absolute atomic E-state index is 12.1. The Bertz CT molecular complexity index is 1660. The Morgan fingerprint density at radius 1 is 0.805 bits per heavy atom. The predicted molar refractivity (Wildman–Crippen MR) is 159 cm³/mol. The first-order valence-corrected chi connectivity index (χ1v) is 13.5. The van der Waals surface area contributed by atoms with E-state index in [4.69, 9.17) is 18.6 Å². The Morgan fingerprint density at radius 3 is 2.12 bits per heavy atom. The lowest BCUT2D eigenvalue weighted by atomic mass is 9.98. The Labute approximate surface area is 239 Å². The molecule has 7 heteroatoms. The number of carbonyl (C=O) groups is 2. The van der Waals surface area contributed by atoms with Crippen LogP contribution >= 0.6 is 0 Å². The van der Waals surface area contributed by atoms with Crippen molar-refractivity contribution in [2.75, 3.05) is 13.7 Å². The first-order chi connectivity index (χ1) is 19.7. The summed E-state index contributed by atoms with van der Waals surface area (Å²) in [6.45, 7) is 5.46. The molecule has 7 nitrogen and oxygen atoms in total. The van der Waals surface area contributed by atoms with Crippen molar-refractivity contribution in [1.82, 2.24) is 5.32 Å². The van der Waals surface area contributed by atoms with Gasteiger partial charge in [-0.05, 0) is 49.1 Å². The Kier molecular flexibility index (Phi) is 8.08. The molecule has 5 rings (SSSR count). The quantitative estimate of drug-likeness (QED) is 0.201. The molecule has 1 atom stereocenters. The number of nitrogens with one attached hydrogen (secondary N) is 1. The van der Waals surface area contributed by atoms with Crippen molar-refractivity contribution in [2.45, 2.75) is 39.0 Å². The molecule has 1 amide bonds. The van der Waals surface area contributed by atoms with Crippen molar-refractivity contribution in [3.63, 3.8) is 0 Å². The van der Waals surface area contributed by atoms with E-state index in [1.165, 1.54) is 7.11 Å². The van der Waals surface area contributed by atoms with Crippen LogP contribution in [0.15, 0.2) is 95.4 Å². The Balaban J connectivity index is 1.23. The molecule has 0 radical (unpaired) electrons. The van der Waals surface area contributed by atoms with Crippen LogP contribution < -0.4 is 5.32 Å². The van der Waals surface area contributed by atoms with Gasteiger partial charge in [0.15, 0.2) is 6.04 Å². The molecule has 4 aromatic carbocycles. The second-order valence-corrected chi connectivity index (χ2v) is 10.8. The Hall–Kier alpha value is -4.62. The molecule has 0 saturated carbocycles. The van der Waals surface area contributed by atoms with Gasteiger partial charge in [0.05, 0.1) is 20.3 Å². The molecule has 0 spiro atoms. The molecule has 1 unspecified atom stereocenters. The smallest absolute Gasteiger partial charge is 0.408 e. The normalized spacial score (nSPS) is 12.3. The highest BCUT2D eigenvalue weighted by molar-refractivity contribution is 6.09. The molecule has 1 heterocycles. The fourth-order valence-electron chi connectivity index (χ4n) is 4.67. The van der Waals surface area contributed by atoms with E-state index in [9.17, 15) is 9.59 Å². The van der Waals surface area contributed by atoms with Gasteiger partial charge in [0.1, 0.15) is 16.8 Å². The minimum Gasteiger partial charge on any atom is -0.467 e. The van der Waals surface area contributed by atoms with Gasteiger partial charge in [0, 0.05) is 16.3 Å². The first-order valence-electron chi connectivity index (χ1n) is 13.5. The number of para-hydroxylation sites is 2. The lowest BCUT2D eigenvalue weighted by Gasteiger charge is -2.22. The van der Waals surface area contributed by atoms with Crippen molar-refractivity contribution in [3.8, 4) is 22.3 Å². The summed E-state index contributed by atoms with van der Waals surface area (Å²) in [6.07, 6.45) is -0.707. The van der Waals surface area contributed by atoms with Crippen LogP contribution in [0.3, 0.4) is 0 Å². The summed E-state index contributed by atoms with van der Waals surface area (Å²) in [4.78, 5) is 24.2. The third kappa shape index (κ3) is 6.58. The molecule has 210 valence electrons. The largest absolute Gasteiger partial charge is 0.467 e. The van der Waals surface area contributed by atoms with Crippen molar-refractivity contribution >= 4 is 34.0 Å². The number of ether oxygens (including phenoxy) is 3. The number of esters is 1. The third-order valence-electron chi connectivity index (χ3n) is 6.62. The molecule has 41 heavy (non-hydrogen) atoms. The molecule has 1 aromatic heterocycles. The number of methoxy groups -OCH3 is 1. The number of alkyl carbamates (subject to hydrolysis) is 1. The van der Waals surface area contributed by atoms with E-state index in [0.717, 1.165) is 49.8 Å². The van der Waals surface area contributed by atoms with E-state index < -0.39 is 23.7 Å². The van der Waals surface area contributed by atoms with Gasteiger partial charge in [0.25, 0.3) is 0 Å². The zero-order chi connectivity index (χ0) is 29.0. The number of rotatable bonds is 8. The van der Waals surface area contributed by atoms with Crippen LogP contribution in [-0.2, 0) is 25.6 Å². The van der Waals surface area contributed by atoms with Crippen LogP contribution in [0.5, 0.6) is 0 Å². The number of hydrogen-bond donors (Lipinski definition) is 1. The van der Waals surface area contributed by atoms with E-state index in [1.54, 1.807) is 20.8 Å². The van der Waals surface area contributed by atoms with Crippen LogP contribution in [0.25, 0.3) is 44.2 Å². The molecule has 0 aliphatic heterocycles. The molecule has 0 aliphatic carbocycles. The molecule has 5 aromatic rings. The lowest BCUT2D eigenvalue weighted by molar-refractivity contribution is -0.145. The second-order valence-electron chi connectivity index (χ2n) is 10.8. The van der Waals surface area contributed by atoms with E-state index in [-0.39, 0.29) is 13.2 Å². The lowest BCUT2D eigenvalue weighted by Crippen LogP contribution is -2.46. The van der Waals surface area contributed by atoms with Crippen LogP contribution in [0.2, 0.25) is 0 Å². The summed E-state index contributed by atoms with van der Waals surface area (Å²) < 4.78 is 21.9. The molecular formula is C34H33NO6. The highest BCUT2D eigenvalue weighted by Gasteiger charge is 2.25. The van der Waals surface area contributed by atoms with Gasteiger partial charge in [-0.1, -0.05) is 84.9 Å². The summed E-state index contributed by atoms with van der Waals surface area (Å²) in [5.41, 5.74) is 6.33. The fourth-order valence-corrected chi connectivity index (χ4v) is 4.67. The monoisotopic (exact) mass is 551 g/mol. The van der Waals surface area contributed by atoms with Gasteiger partial charge >= 0.3 is 12.1 Å². The topological polar surface area (TPSA) is 87.0 Å². The molecular weight excluding hydrogens is 518 g/mol. The molecule has 0 fully saturated rings. The van der Waals surface area contributed by atoms with E-state index in [1.807, 2.05) is 42.5 Å². The number of benzene rings is 4. The van der Waals surface area contributed by atoms with Crippen molar-refractivity contribution < 1.29 is 28.2 Å². The second kappa shape index (κ2) is 11.9. The average molecular weight is 552 g/mol. The fraction of sp³-hybridized carbons (Fsp3) is 0.235. The van der Waals surface area contributed by atoms with Gasteiger partial charge < -0.3 is 23.9 Å². The maximum Gasteiger partial charge on any atom is 0.408 e. The maximum atomic E-state index is 12.1. The van der Waals surface area contributed by atoms with Crippen LogP contribution in [0, 0.1) is 0 Å². The van der Waals surface area contributed by atoms with Gasteiger partial charge in [0.2, 0.25) is 0 Å². The number of furan rings is 1. The van der Waals surface area contributed by atoms with Gasteiger partial charge in [-0.25, -0.2) is 9.59 Å². The molecule has 0 aliphatic rings. The Morgan fingerprint density at radius 2 is 1.44 bits per heavy atom. The summed E-state index contributed by atoms with van der Waals surface area (Å²) in [5.74, 6) is -0.605. The van der Waals surface area contributed by atoms with E-state index in [2.05, 4.69) is 53.8 Å². The SMILES string of the molecule is COC(=O)C(COCc1ccc(-c2ccc(-c3cccc4c3oc3ccccc34)cc2)cc1)NC(=O)OC(C)(C)C. The summed E-state index contributed by atoms with van der Waals surface area (Å²) in [6, 6.07) is 29.8. The minimum absolute atomic E-state index is 0.0485. The molecule has 0 bridgehead atoms. The van der Waals surface area contributed by atoms with Crippen molar-refractivity contribution in [2.24, 2.45) is 0 Å². The number of amides is 1. The zero-order valence-electron chi connectivity index (χ0n) is 23.6. The zero-order valence-corrected chi connectivity index (χ0v) is 23.6. The third-order valence-corrected chi connectivity index (χ3v) is 6.62. The number of hydrogen-bond acceptors (Lipinski definition) is 6. The number of carbonyl (C=O) groups excluding carboxylic acids is 2. The van der Waals surface area contributed by atoms with Gasteiger partial charge in [-0.15, -0.1) is 0 Å². The molecule has 1 N–H and O–H groups in total. The highest BCUT2D eigenvalue weighted by Crippen LogP contribution is 2.36. The predicted octanol–water partition coefficient (Wildman–Crippen LogP) is 7.50. The van der Waals surface area contributed by atoms with E-state index >= 15 is 0 Å². The summed E-state index contributed by atoms with van der Waals surface area (Å²) in [5, 5.41) is 4.73.